The fourth-order valence-electron chi connectivity index (χ4n) is 1.97. The van der Waals surface area contributed by atoms with Gasteiger partial charge in [0.2, 0.25) is 10.0 Å². The molecule has 1 aliphatic heterocycles. The Kier molecular flexibility index (Phi) is 4.83. The van der Waals surface area contributed by atoms with Crippen molar-refractivity contribution in [2.75, 3.05) is 12.3 Å². The highest BCUT2D eigenvalue weighted by Gasteiger charge is 2.22. The highest BCUT2D eigenvalue weighted by atomic mass is 32.2. The zero-order valence-electron chi connectivity index (χ0n) is 10.4. The zero-order valence-corrected chi connectivity index (χ0v) is 12.1. The van der Waals surface area contributed by atoms with Crippen LogP contribution in [0.5, 0.6) is 0 Å². The number of hydrogen-bond donors (Lipinski definition) is 2. The van der Waals surface area contributed by atoms with Crippen LogP contribution in [0.25, 0.3) is 0 Å². The number of benzene rings is 1. The van der Waals surface area contributed by atoms with E-state index in [2.05, 4.69) is 4.72 Å². The molecule has 0 amide bonds. The third kappa shape index (κ3) is 3.68. The molecular weight excluding hydrogens is 287 g/mol. The molecule has 1 fully saturated rings. The number of rotatable bonds is 5. The van der Waals surface area contributed by atoms with E-state index in [-0.39, 0.29) is 11.4 Å². The maximum Gasteiger partial charge on any atom is 0.243 e. The molecule has 106 valence electrons. The van der Waals surface area contributed by atoms with Crippen molar-refractivity contribution < 1.29 is 12.8 Å². The van der Waals surface area contributed by atoms with Crippen molar-refractivity contribution in [1.82, 2.24) is 4.72 Å². The summed E-state index contributed by atoms with van der Waals surface area (Å²) in [5.41, 5.74) is 5.96. The second kappa shape index (κ2) is 6.21. The molecule has 1 atom stereocenters. The van der Waals surface area contributed by atoms with Gasteiger partial charge in [-0.25, -0.2) is 17.5 Å². The van der Waals surface area contributed by atoms with Gasteiger partial charge in [0, 0.05) is 18.3 Å². The van der Waals surface area contributed by atoms with E-state index >= 15 is 0 Å². The third-order valence-corrected chi connectivity index (χ3v) is 5.90. The molecule has 0 saturated carbocycles. The molecular formula is C12H17FN2O2S2. The maximum absolute atomic E-state index is 13.8. The smallest absolute Gasteiger partial charge is 0.243 e. The van der Waals surface area contributed by atoms with E-state index in [1.54, 1.807) is 11.8 Å². The number of nitrogens with one attached hydrogen (secondary N) is 1. The Morgan fingerprint density at radius 3 is 2.84 bits per heavy atom. The topological polar surface area (TPSA) is 72.2 Å². The minimum atomic E-state index is -3.78. The number of sulfonamides is 1. The third-order valence-electron chi connectivity index (χ3n) is 3.05. The summed E-state index contributed by atoms with van der Waals surface area (Å²) in [6.07, 6.45) is 2.11. The minimum absolute atomic E-state index is 0.184. The lowest BCUT2D eigenvalue weighted by atomic mass is 10.2. The van der Waals surface area contributed by atoms with Crippen LogP contribution in [0.4, 0.5) is 4.39 Å². The molecule has 2 rings (SSSR count). The first-order valence-electron chi connectivity index (χ1n) is 6.12. The van der Waals surface area contributed by atoms with Gasteiger partial charge < -0.3 is 5.73 Å². The van der Waals surface area contributed by atoms with Gasteiger partial charge in [0.25, 0.3) is 0 Å². The van der Waals surface area contributed by atoms with Crippen molar-refractivity contribution in [1.29, 1.82) is 0 Å². The summed E-state index contributed by atoms with van der Waals surface area (Å²) in [6.45, 7) is 0.536. The average molecular weight is 304 g/mol. The molecule has 7 heteroatoms. The first-order valence-corrected chi connectivity index (χ1v) is 8.66. The predicted octanol–water partition coefficient (Wildman–Crippen LogP) is 1.46. The van der Waals surface area contributed by atoms with Gasteiger partial charge in [-0.15, -0.1) is 0 Å². The highest BCUT2D eigenvalue weighted by Crippen LogP contribution is 2.26. The molecule has 1 unspecified atom stereocenters. The van der Waals surface area contributed by atoms with Gasteiger partial charge in [0.15, 0.2) is 0 Å². The van der Waals surface area contributed by atoms with Crippen LogP contribution in [-0.4, -0.2) is 26.0 Å². The Hall–Kier alpha value is -0.630. The summed E-state index contributed by atoms with van der Waals surface area (Å²) in [5, 5.41) is 0.293. The second-order valence-electron chi connectivity index (χ2n) is 4.46. The molecule has 0 radical (unpaired) electrons. The fraction of sp³-hybridized carbons (Fsp3) is 0.500. The largest absolute Gasteiger partial charge is 0.326 e. The van der Waals surface area contributed by atoms with E-state index < -0.39 is 15.8 Å². The Morgan fingerprint density at radius 1 is 1.47 bits per heavy atom. The van der Waals surface area contributed by atoms with E-state index in [1.807, 2.05) is 0 Å². The summed E-state index contributed by atoms with van der Waals surface area (Å²) in [4.78, 5) is -0.312. The van der Waals surface area contributed by atoms with Crippen LogP contribution in [0.1, 0.15) is 18.4 Å². The molecule has 1 aromatic rings. The molecule has 1 aromatic carbocycles. The zero-order chi connectivity index (χ0) is 13.9. The van der Waals surface area contributed by atoms with Crippen molar-refractivity contribution >= 4 is 21.8 Å². The van der Waals surface area contributed by atoms with E-state index in [0.29, 0.717) is 17.4 Å². The number of hydrogen-bond acceptors (Lipinski definition) is 4. The van der Waals surface area contributed by atoms with Gasteiger partial charge in [-0.1, -0.05) is 6.07 Å². The molecule has 0 bridgehead atoms. The molecule has 1 aliphatic rings. The van der Waals surface area contributed by atoms with Crippen LogP contribution in [0.3, 0.4) is 0 Å². The lowest BCUT2D eigenvalue weighted by Gasteiger charge is -2.11. The first kappa shape index (κ1) is 14.8. The Morgan fingerprint density at radius 2 is 2.26 bits per heavy atom. The average Bonchev–Trinajstić information content (AvgIpc) is 2.89. The van der Waals surface area contributed by atoms with Crippen molar-refractivity contribution in [3.63, 3.8) is 0 Å². The Bertz CT molecular complexity index is 543. The van der Waals surface area contributed by atoms with Crippen LogP contribution in [0.15, 0.2) is 23.1 Å². The van der Waals surface area contributed by atoms with Gasteiger partial charge in [-0.3, -0.25) is 0 Å². The van der Waals surface area contributed by atoms with Gasteiger partial charge in [0.05, 0.1) is 0 Å². The summed E-state index contributed by atoms with van der Waals surface area (Å²) in [6, 6.07) is 3.96. The first-order chi connectivity index (χ1) is 9.03. The number of halogens is 1. The SMILES string of the molecule is NCc1ccc(S(=O)(=O)NCC2CCCS2)c(F)c1. The molecule has 19 heavy (non-hydrogen) atoms. The quantitative estimate of drug-likeness (QED) is 0.864. The molecule has 0 aromatic heterocycles. The minimum Gasteiger partial charge on any atom is -0.326 e. The van der Waals surface area contributed by atoms with Gasteiger partial charge in [0.1, 0.15) is 10.7 Å². The summed E-state index contributed by atoms with van der Waals surface area (Å²) < 4.78 is 40.3. The molecule has 0 aliphatic carbocycles. The van der Waals surface area contributed by atoms with E-state index in [0.717, 1.165) is 18.6 Å². The molecule has 0 spiro atoms. The van der Waals surface area contributed by atoms with Gasteiger partial charge >= 0.3 is 0 Å². The van der Waals surface area contributed by atoms with Crippen molar-refractivity contribution in [2.45, 2.75) is 29.5 Å². The number of nitrogens with two attached hydrogens (primary N) is 1. The van der Waals surface area contributed by atoms with Crippen LogP contribution in [-0.2, 0) is 16.6 Å². The van der Waals surface area contributed by atoms with Crippen LogP contribution < -0.4 is 10.5 Å². The Labute approximate surface area is 117 Å². The van der Waals surface area contributed by atoms with Crippen LogP contribution in [0.2, 0.25) is 0 Å². The normalized spacial score (nSPS) is 19.8. The summed E-state index contributed by atoms with van der Waals surface area (Å²) >= 11 is 1.75. The standard InChI is InChI=1S/C12H17FN2O2S2/c13-11-6-9(7-14)3-4-12(11)19(16,17)15-8-10-2-1-5-18-10/h3-4,6,10,15H,1-2,5,7-8,14H2. The fourth-order valence-corrected chi connectivity index (χ4v) is 4.42. The highest BCUT2D eigenvalue weighted by molar-refractivity contribution is 8.00. The lowest BCUT2D eigenvalue weighted by molar-refractivity contribution is 0.554. The molecule has 4 nitrogen and oxygen atoms in total. The monoisotopic (exact) mass is 304 g/mol. The molecule has 3 N–H and O–H groups in total. The van der Waals surface area contributed by atoms with E-state index in [9.17, 15) is 12.8 Å². The predicted molar refractivity (Wildman–Crippen MR) is 75.0 cm³/mol. The lowest BCUT2D eigenvalue weighted by Crippen LogP contribution is -2.30. The van der Waals surface area contributed by atoms with Gasteiger partial charge in [-0.2, -0.15) is 11.8 Å². The summed E-state index contributed by atoms with van der Waals surface area (Å²) in [5.74, 6) is 0.306. The number of thioether (sulfide) groups is 1. The van der Waals surface area contributed by atoms with Crippen LogP contribution >= 0.6 is 11.8 Å². The second-order valence-corrected chi connectivity index (χ2v) is 7.60. The van der Waals surface area contributed by atoms with Crippen molar-refractivity contribution in [2.24, 2.45) is 5.73 Å². The Balaban J connectivity index is 2.10. The summed E-state index contributed by atoms with van der Waals surface area (Å²) in [7, 11) is -3.78. The van der Waals surface area contributed by atoms with Crippen molar-refractivity contribution in [3.05, 3.63) is 29.6 Å². The van der Waals surface area contributed by atoms with Crippen LogP contribution in [0, 0.1) is 5.82 Å². The van der Waals surface area contributed by atoms with Gasteiger partial charge in [-0.05, 0) is 36.3 Å². The van der Waals surface area contributed by atoms with E-state index in [1.165, 1.54) is 18.2 Å². The maximum atomic E-state index is 13.8. The molecule has 1 saturated heterocycles. The van der Waals surface area contributed by atoms with Crippen molar-refractivity contribution in [3.8, 4) is 0 Å². The molecule has 1 heterocycles. The van der Waals surface area contributed by atoms with E-state index in [4.69, 9.17) is 5.73 Å².